The highest BCUT2D eigenvalue weighted by molar-refractivity contribution is 5.79. The molecule has 0 aromatic carbocycles. The Hall–Kier alpha value is -0.610. The van der Waals surface area contributed by atoms with Gasteiger partial charge in [-0.3, -0.25) is 4.79 Å². The number of ether oxygens (including phenoxy) is 1. The van der Waals surface area contributed by atoms with Crippen molar-refractivity contribution in [3.63, 3.8) is 0 Å². The van der Waals surface area contributed by atoms with Crippen molar-refractivity contribution in [2.45, 2.75) is 63.1 Å². The number of nitrogens with one attached hydrogen (secondary N) is 1. The number of hydrogen-bond donors (Lipinski definition) is 2. The molecule has 1 amide bonds. The number of amides is 1. The predicted molar refractivity (Wildman–Crippen MR) is 68.9 cm³/mol. The van der Waals surface area contributed by atoms with Crippen LogP contribution in [0.15, 0.2) is 0 Å². The van der Waals surface area contributed by atoms with E-state index in [-0.39, 0.29) is 30.0 Å². The van der Waals surface area contributed by atoms with Gasteiger partial charge in [0.15, 0.2) is 0 Å². The fourth-order valence-electron chi connectivity index (χ4n) is 3.43. The van der Waals surface area contributed by atoms with Crippen molar-refractivity contribution >= 4 is 5.91 Å². The molecular formula is C14H24N2O2. The van der Waals surface area contributed by atoms with Crippen LogP contribution in [0, 0.1) is 11.8 Å². The van der Waals surface area contributed by atoms with Crippen molar-refractivity contribution < 1.29 is 9.53 Å². The highest BCUT2D eigenvalue weighted by Gasteiger charge is 2.42. The molecule has 102 valence electrons. The van der Waals surface area contributed by atoms with Crippen molar-refractivity contribution in [2.24, 2.45) is 17.6 Å². The number of carbonyl (C=O) groups excluding carboxylic acids is 1. The Balaban J connectivity index is 1.56. The summed E-state index contributed by atoms with van der Waals surface area (Å²) in [5.41, 5.74) is 6.07. The summed E-state index contributed by atoms with van der Waals surface area (Å²) < 4.78 is 5.76. The zero-order chi connectivity index (χ0) is 12.5. The summed E-state index contributed by atoms with van der Waals surface area (Å²) in [6, 6.07) is 0.291. The van der Waals surface area contributed by atoms with Crippen LogP contribution in [0.5, 0.6) is 0 Å². The van der Waals surface area contributed by atoms with E-state index in [0.29, 0.717) is 5.92 Å². The maximum absolute atomic E-state index is 12.3. The van der Waals surface area contributed by atoms with Crippen LogP contribution in [-0.2, 0) is 9.53 Å². The standard InChI is InChI=1S/C14H24N2O2/c15-11-4-2-1-3-10(11)14(17)16-12-7-8-18-13(12)9-5-6-9/h9-13H,1-8,15H2,(H,16,17). The Labute approximate surface area is 109 Å². The van der Waals surface area contributed by atoms with E-state index in [1.54, 1.807) is 0 Å². The van der Waals surface area contributed by atoms with Crippen LogP contribution in [0.25, 0.3) is 0 Å². The van der Waals surface area contributed by atoms with Gasteiger partial charge < -0.3 is 15.8 Å². The van der Waals surface area contributed by atoms with Gasteiger partial charge in [0.25, 0.3) is 0 Å². The number of rotatable bonds is 3. The second-order valence-electron chi connectivity index (χ2n) is 6.13. The van der Waals surface area contributed by atoms with Gasteiger partial charge in [0.1, 0.15) is 0 Å². The molecule has 0 aromatic heterocycles. The molecule has 1 saturated heterocycles. The lowest BCUT2D eigenvalue weighted by atomic mass is 9.84. The van der Waals surface area contributed by atoms with Crippen molar-refractivity contribution in [1.29, 1.82) is 0 Å². The normalized spacial score (nSPS) is 40.7. The van der Waals surface area contributed by atoms with Crippen molar-refractivity contribution in [3.8, 4) is 0 Å². The lowest BCUT2D eigenvalue weighted by molar-refractivity contribution is -0.127. The minimum atomic E-state index is 0.0270. The second-order valence-corrected chi connectivity index (χ2v) is 6.13. The molecule has 1 heterocycles. The lowest BCUT2D eigenvalue weighted by Crippen LogP contribution is -2.49. The van der Waals surface area contributed by atoms with Gasteiger partial charge in [-0.1, -0.05) is 12.8 Å². The van der Waals surface area contributed by atoms with Crippen LogP contribution in [-0.4, -0.2) is 30.7 Å². The third-order valence-corrected chi connectivity index (χ3v) is 4.71. The second kappa shape index (κ2) is 5.17. The predicted octanol–water partition coefficient (Wildman–Crippen LogP) is 1.19. The van der Waals surface area contributed by atoms with E-state index in [1.807, 2.05) is 0 Å². The maximum atomic E-state index is 12.3. The van der Waals surface area contributed by atoms with Gasteiger partial charge in [0.2, 0.25) is 5.91 Å². The average Bonchev–Trinajstić information content (AvgIpc) is 3.11. The molecule has 4 nitrogen and oxygen atoms in total. The Morgan fingerprint density at radius 2 is 1.89 bits per heavy atom. The van der Waals surface area contributed by atoms with Crippen LogP contribution in [0.2, 0.25) is 0 Å². The Kier molecular flexibility index (Phi) is 3.57. The topological polar surface area (TPSA) is 64.4 Å². The minimum Gasteiger partial charge on any atom is -0.376 e. The minimum absolute atomic E-state index is 0.0270. The first kappa shape index (κ1) is 12.4. The molecule has 3 N–H and O–H groups in total. The summed E-state index contributed by atoms with van der Waals surface area (Å²) in [7, 11) is 0. The third-order valence-electron chi connectivity index (χ3n) is 4.71. The highest BCUT2D eigenvalue weighted by atomic mass is 16.5. The molecule has 0 bridgehead atoms. The summed E-state index contributed by atoms with van der Waals surface area (Å²) in [5.74, 6) is 0.889. The summed E-state index contributed by atoms with van der Waals surface area (Å²) in [6.07, 6.45) is 8.02. The summed E-state index contributed by atoms with van der Waals surface area (Å²) in [6.45, 7) is 0.794. The molecule has 18 heavy (non-hydrogen) atoms. The molecule has 4 heteroatoms. The van der Waals surface area contributed by atoms with Crippen molar-refractivity contribution in [2.75, 3.05) is 6.61 Å². The van der Waals surface area contributed by atoms with Crippen LogP contribution in [0.3, 0.4) is 0 Å². The van der Waals surface area contributed by atoms with E-state index in [9.17, 15) is 4.79 Å². The zero-order valence-electron chi connectivity index (χ0n) is 10.9. The molecule has 4 atom stereocenters. The molecule has 3 fully saturated rings. The van der Waals surface area contributed by atoms with Gasteiger partial charge in [-0.05, 0) is 38.0 Å². The molecule has 1 aliphatic heterocycles. The molecule has 0 aromatic rings. The molecule has 3 aliphatic rings. The van der Waals surface area contributed by atoms with Crippen LogP contribution in [0.1, 0.15) is 44.9 Å². The van der Waals surface area contributed by atoms with Gasteiger partial charge in [0.05, 0.1) is 18.1 Å². The third kappa shape index (κ3) is 2.54. The number of carbonyl (C=O) groups is 1. The molecule has 2 aliphatic carbocycles. The Morgan fingerprint density at radius 3 is 2.61 bits per heavy atom. The number of nitrogens with two attached hydrogens (primary N) is 1. The molecule has 0 spiro atoms. The smallest absolute Gasteiger partial charge is 0.224 e. The molecular weight excluding hydrogens is 228 g/mol. The van der Waals surface area contributed by atoms with Gasteiger partial charge in [0, 0.05) is 12.6 Å². The monoisotopic (exact) mass is 252 g/mol. The molecule has 2 saturated carbocycles. The van der Waals surface area contributed by atoms with Crippen LogP contribution in [0.4, 0.5) is 0 Å². The van der Waals surface area contributed by atoms with Gasteiger partial charge >= 0.3 is 0 Å². The van der Waals surface area contributed by atoms with Gasteiger partial charge in [-0.25, -0.2) is 0 Å². The van der Waals surface area contributed by atoms with E-state index in [0.717, 1.165) is 32.3 Å². The summed E-state index contributed by atoms with van der Waals surface area (Å²) in [5, 5.41) is 3.21. The quantitative estimate of drug-likeness (QED) is 0.793. The first-order valence-electron chi connectivity index (χ1n) is 7.43. The van der Waals surface area contributed by atoms with Gasteiger partial charge in [-0.2, -0.15) is 0 Å². The Morgan fingerprint density at radius 1 is 1.11 bits per heavy atom. The fraction of sp³-hybridized carbons (Fsp3) is 0.929. The van der Waals surface area contributed by atoms with Crippen molar-refractivity contribution in [1.82, 2.24) is 5.32 Å². The largest absolute Gasteiger partial charge is 0.376 e. The maximum Gasteiger partial charge on any atom is 0.224 e. The molecule has 4 unspecified atom stereocenters. The van der Waals surface area contributed by atoms with E-state index < -0.39 is 0 Å². The SMILES string of the molecule is NC1CCCCC1C(=O)NC1CCOC1C1CC1. The van der Waals surface area contributed by atoms with Crippen LogP contribution < -0.4 is 11.1 Å². The first-order chi connectivity index (χ1) is 8.75. The summed E-state index contributed by atoms with van der Waals surface area (Å²) >= 11 is 0. The van der Waals surface area contributed by atoms with Gasteiger partial charge in [-0.15, -0.1) is 0 Å². The lowest BCUT2D eigenvalue weighted by Gasteiger charge is -2.29. The zero-order valence-corrected chi connectivity index (χ0v) is 10.9. The molecule has 0 radical (unpaired) electrons. The van der Waals surface area contributed by atoms with Crippen LogP contribution >= 0.6 is 0 Å². The Bertz CT molecular complexity index is 317. The molecule has 3 rings (SSSR count). The summed E-state index contributed by atoms with van der Waals surface area (Å²) in [4.78, 5) is 12.3. The fourth-order valence-corrected chi connectivity index (χ4v) is 3.43. The van der Waals surface area contributed by atoms with Crippen molar-refractivity contribution in [3.05, 3.63) is 0 Å². The van der Waals surface area contributed by atoms with E-state index in [4.69, 9.17) is 10.5 Å². The van der Waals surface area contributed by atoms with E-state index in [2.05, 4.69) is 5.32 Å². The highest BCUT2D eigenvalue weighted by Crippen LogP contribution is 2.39. The average molecular weight is 252 g/mol. The first-order valence-corrected chi connectivity index (χ1v) is 7.43. The van der Waals surface area contributed by atoms with E-state index in [1.165, 1.54) is 19.3 Å². The number of hydrogen-bond acceptors (Lipinski definition) is 3. The van der Waals surface area contributed by atoms with E-state index >= 15 is 0 Å².